The fourth-order valence-electron chi connectivity index (χ4n) is 2.88. The van der Waals surface area contributed by atoms with Crippen molar-refractivity contribution in [3.05, 3.63) is 65.5 Å². The molecule has 1 saturated carbocycles. The second-order valence-corrected chi connectivity index (χ2v) is 5.84. The molecule has 122 valence electrons. The molecule has 0 aliphatic heterocycles. The summed E-state index contributed by atoms with van der Waals surface area (Å²) >= 11 is 0. The quantitative estimate of drug-likeness (QED) is 0.851. The average Bonchev–Trinajstić information content (AvgIpc) is 3.38. The van der Waals surface area contributed by atoms with Gasteiger partial charge < -0.3 is 0 Å². The van der Waals surface area contributed by atoms with Gasteiger partial charge in [0, 0.05) is 6.20 Å². The van der Waals surface area contributed by atoms with Gasteiger partial charge >= 0.3 is 6.18 Å². The number of carbonyl (C=O) groups is 1. The number of rotatable bonds is 4. The summed E-state index contributed by atoms with van der Waals surface area (Å²) in [6.45, 7) is 0. The normalized spacial score (nSPS) is 16.9. The minimum absolute atomic E-state index is 0.318. The molecule has 1 aromatic carbocycles. The van der Waals surface area contributed by atoms with Crippen molar-refractivity contribution in [2.75, 3.05) is 0 Å². The van der Waals surface area contributed by atoms with Crippen LogP contribution in [0.5, 0.6) is 0 Å². The van der Waals surface area contributed by atoms with E-state index in [2.05, 4.69) is 4.98 Å². The summed E-state index contributed by atoms with van der Waals surface area (Å²) in [6.07, 6.45) is -2.10. The first-order valence-corrected chi connectivity index (χ1v) is 7.41. The number of benzene rings is 1. The molecule has 6 heteroatoms. The summed E-state index contributed by atoms with van der Waals surface area (Å²) in [6, 6.07) is 11.7. The van der Waals surface area contributed by atoms with Crippen molar-refractivity contribution in [3.63, 3.8) is 0 Å². The highest BCUT2D eigenvalue weighted by atomic mass is 19.4. The van der Waals surface area contributed by atoms with Gasteiger partial charge in [-0.25, -0.2) is 0 Å². The first-order chi connectivity index (χ1) is 11.4. The van der Waals surface area contributed by atoms with Crippen molar-refractivity contribution in [3.8, 4) is 6.07 Å². The molecular weight excluding hydrogens is 317 g/mol. The zero-order valence-corrected chi connectivity index (χ0v) is 12.5. The third kappa shape index (κ3) is 2.78. The molecule has 0 amide bonds. The van der Waals surface area contributed by atoms with Gasteiger partial charge in [-0.3, -0.25) is 9.78 Å². The summed E-state index contributed by atoms with van der Waals surface area (Å²) < 4.78 is 38.8. The third-order valence-corrected chi connectivity index (χ3v) is 4.34. The second kappa shape index (κ2) is 5.75. The van der Waals surface area contributed by atoms with E-state index in [0.29, 0.717) is 24.1 Å². The molecule has 0 saturated heterocycles. The molecule has 0 spiro atoms. The predicted molar refractivity (Wildman–Crippen MR) is 80.0 cm³/mol. The van der Waals surface area contributed by atoms with Crippen LogP contribution in [0.25, 0.3) is 0 Å². The van der Waals surface area contributed by atoms with Gasteiger partial charge in [0.05, 0.1) is 22.7 Å². The Bertz CT molecular complexity index is 805. The number of carbonyl (C=O) groups excluding carboxylic acids is 1. The van der Waals surface area contributed by atoms with Crippen molar-refractivity contribution in [2.45, 2.75) is 30.4 Å². The summed E-state index contributed by atoms with van der Waals surface area (Å²) in [7, 11) is 0. The van der Waals surface area contributed by atoms with Crippen molar-refractivity contribution >= 4 is 5.78 Å². The first kappa shape index (κ1) is 16.2. The number of nitrogens with zero attached hydrogens (tertiary/aromatic N) is 2. The number of alkyl halides is 3. The van der Waals surface area contributed by atoms with Crippen LogP contribution in [0.3, 0.4) is 0 Å². The van der Waals surface area contributed by atoms with E-state index in [1.165, 1.54) is 18.3 Å². The van der Waals surface area contributed by atoms with Gasteiger partial charge in [0.1, 0.15) is 5.92 Å². The Morgan fingerprint density at radius 1 is 1.21 bits per heavy atom. The molecule has 1 aliphatic rings. The highest BCUT2D eigenvalue weighted by molar-refractivity contribution is 5.99. The SMILES string of the molecule is N#CC(C(=O)C1(c2cccc(C(F)(F)F)c2)CC1)c1ccccn1. The minimum Gasteiger partial charge on any atom is -0.297 e. The van der Waals surface area contributed by atoms with E-state index < -0.39 is 23.1 Å². The van der Waals surface area contributed by atoms with E-state index in [4.69, 9.17) is 0 Å². The Labute approximate surface area is 136 Å². The molecule has 24 heavy (non-hydrogen) atoms. The smallest absolute Gasteiger partial charge is 0.297 e. The molecule has 3 nitrogen and oxygen atoms in total. The van der Waals surface area contributed by atoms with Gasteiger partial charge in [-0.05, 0) is 36.6 Å². The van der Waals surface area contributed by atoms with Gasteiger partial charge in [0.25, 0.3) is 0 Å². The standard InChI is InChI=1S/C18H13F3N2O/c19-18(20,21)13-5-3-4-12(10-13)17(7-8-17)16(24)14(11-22)15-6-1-2-9-23-15/h1-6,9-10,14H,7-8H2. The van der Waals surface area contributed by atoms with E-state index in [9.17, 15) is 23.2 Å². The number of nitriles is 1. The largest absolute Gasteiger partial charge is 0.416 e. The third-order valence-electron chi connectivity index (χ3n) is 4.34. The monoisotopic (exact) mass is 330 g/mol. The molecule has 0 radical (unpaired) electrons. The number of ketones is 1. The lowest BCUT2D eigenvalue weighted by Crippen LogP contribution is -2.27. The van der Waals surface area contributed by atoms with E-state index in [0.717, 1.165) is 12.1 Å². The number of aromatic nitrogens is 1. The molecule has 1 aliphatic carbocycles. The van der Waals surface area contributed by atoms with E-state index in [-0.39, 0.29) is 5.78 Å². The number of Topliss-reactive ketones (excluding diaryl/α,β-unsaturated/α-hetero) is 1. The Balaban J connectivity index is 1.97. The van der Waals surface area contributed by atoms with Crippen LogP contribution >= 0.6 is 0 Å². The van der Waals surface area contributed by atoms with Crippen LogP contribution < -0.4 is 0 Å². The van der Waals surface area contributed by atoms with Crippen LogP contribution in [0.2, 0.25) is 0 Å². The van der Waals surface area contributed by atoms with Gasteiger partial charge in [-0.15, -0.1) is 0 Å². The van der Waals surface area contributed by atoms with Crippen LogP contribution in [-0.4, -0.2) is 10.8 Å². The Morgan fingerprint density at radius 2 is 1.96 bits per heavy atom. The zero-order chi connectivity index (χ0) is 17.4. The predicted octanol–water partition coefficient (Wildman–Crippen LogP) is 4.01. The molecule has 0 N–H and O–H groups in total. The van der Waals surface area contributed by atoms with Crippen molar-refractivity contribution in [1.29, 1.82) is 5.26 Å². The maximum Gasteiger partial charge on any atom is 0.416 e. The molecular formula is C18H13F3N2O. The molecule has 1 aromatic heterocycles. The van der Waals surface area contributed by atoms with Gasteiger partial charge in [-0.2, -0.15) is 18.4 Å². The van der Waals surface area contributed by atoms with Crippen LogP contribution in [0.1, 0.15) is 35.6 Å². The number of pyridine rings is 1. The average molecular weight is 330 g/mol. The molecule has 1 unspecified atom stereocenters. The van der Waals surface area contributed by atoms with Crippen molar-refractivity contribution in [1.82, 2.24) is 4.98 Å². The van der Waals surface area contributed by atoms with Crippen LogP contribution in [0, 0.1) is 11.3 Å². The molecule has 1 heterocycles. The lowest BCUT2D eigenvalue weighted by Gasteiger charge is -2.19. The maximum atomic E-state index is 12.9. The zero-order valence-electron chi connectivity index (χ0n) is 12.5. The lowest BCUT2D eigenvalue weighted by atomic mass is 9.83. The Kier molecular flexibility index (Phi) is 3.88. The van der Waals surface area contributed by atoms with Crippen LogP contribution in [-0.2, 0) is 16.4 Å². The summed E-state index contributed by atoms with van der Waals surface area (Å²) in [5, 5.41) is 9.38. The van der Waals surface area contributed by atoms with Crippen LogP contribution in [0.15, 0.2) is 48.7 Å². The van der Waals surface area contributed by atoms with E-state index >= 15 is 0 Å². The van der Waals surface area contributed by atoms with Gasteiger partial charge in [0.15, 0.2) is 5.78 Å². The van der Waals surface area contributed by atoms with Crippen molar-refractivity contribution < 1.29 is 18.0 Å². The topological polar surface area (TPSA) is 53.8 Å². The number of hydrogen-bond acceptors (Lipinski definition) is 3. The first-order valence-electron chi connectivity index (χ1n) is 7.41. The molecule has 3 rings (SSSR count). The Morgan fingerprint density at radius 3 is 2.50 bits per heavy atom. The minimum atomic E-state index is -4.47. The van der Waals surface area contributed by atoms with E-state index in [1.807, 2.05) is 6.07 Å². The molecule has 2 aromatic rings. The number of halogens is 3. The lowest BCUT2D eigenvalue weighted by molar-refractivity contribution is -0.137. The number of hydrogen-bond donors (Lipinski definition) is 0. The summed E-state index contributed by atoms with van der Waals surface area (Å²) in [5.74, 6) is -1.47. The molecule has 1 atom stereocenters. The summed E-state index contributed by atoms with van der Waals surface area (Å²) in [4.78, 5) is 16.9. The fraction of sp³-hybridized carbons (Fsp3) is 0.278. The molecule has 1 fully saturated rings. The van der Waals surface area contributed by atoms with Gasteiger partial charge in [-0.1, -0.05) is 24.3 Å². The highest BCUT2D eigenvalue weighted by Crippen LogP contribution is 2.52. The second-order valence-electron chi connectivity index (χ2n) is 5.84. The Hall–Kier alpha value is -2.68. The highest BCUT2D eigenvalue weighted by Gasteiger charge is 2.54. The maximum absolute atomic E-state index is 12.9. The van der Waals surface area contributed by atoms with Gasteiger partial charge in [0.2, 0.25) is 0 Å². The van der Waals surface area contributed by atoms with Crippen molar-refractivity contribution in [2.24, 2.45) is 0 Å². The molecule has 0 bridgehead atoms. The van der Waals surface area contributed by atoms with E-state index in [1.54, 1.807) is 18.2 Å². The summed E-state index contributed by atoms with van der Waals surface area (Å²) in [5.41, 5.74) is -1.16. The van der Waals surface area contributed by atoms with Crippen LogP contribution in [0.4, 0.5) is 13.2 Å². The fourth-order valence-corrected chi connectivity index (χ4v) is 2.88.